The standard InChI is InChI=1S/C25H27N3O2S/c1-25(2,3)19-8-12-21(13-9-19)30-15-4-5-23(29)26-20-10-6-18(7-11-20)22-17-28-14-16-31-24(28)27-22/h6-14,16-17H,4-5,15H2,1-3H3,(H,26,29). The summed E-state index contributed by atoms with van der Waals surface area (Å²) in [5.74, 6) is 0.824. The third-order valence-corrected chi connectivity index (χ3v) is 5.87. The van der Waals surface area contributed by atoms with Gasteiger partial charge in [-0.2, -0.15) is 0 Å². The van der Waals surface area contributed by atoms with E-state index in [0.29, 0.717) is 19.4 Å². The molecule has 2 aromatic heterocycles. The van der Waals surface area contributed by atoms with Crippen LogP contribution in [0.1, 0.15) is 39.2 Å². The van der Waals surface area contributed by atoms with Crippen LogP contribution in [0.15, 0.2) is 66.3 Å². The monoisotopic (exact) mass is 433 g/mol. The Bertz CT molecular complexity index is 1120. The first-order valence-electron chi connectivity index (χ1n) is 10.4. The van der Waals surface area contributed by atoms with Gasteiger partial charge < -0.3 is 10.1 Å². The average Bonchev–Trinajstić information content (AvgIpc) is 3.34. The smallest absolute Gasteiger partial charge is 0.224 e. The van der Waals surface area contributed by atoms with Gasteiger partial charge in [0.2, 0.25) is 5.91 Å². The molecule has 1 N–H and O–H groups in total. The van der Waals surface area contributed by atoms with Gasteiger partial charge in [0.1, 0.15) is 5.75 Å². The second kappa shape index (κ2) is 8.94. The van der Waals surface area contributed by atoms with E-state index in [2.05, 4.69) is 43.2 Å². The van der Waals surface area contributed by atoms with Crippen LogP contribution in [0, 0.1) is 0 Å². The number of nitrogens with one attached hydrogen (secondary N) is 1. The maximum atomic E-state index is 12.2. The Balaban J connectivity index is 1.22. The van der Waals surface area contributed by atoms with Gasteiger partial charge in [0, 0.05) is 35.4 Å². The SMILES string of the molecule is CC(C)(C)c1ccc(OCCCC(=O)Nc2ccc(-c3cn4ccsc4n3)cc2)cc1. The Morgan fingerprint density at radius 1 is 1.10 bits per heavy atom. The van der Waals surface area contributed by atoms with Crippen molar-refractivity contribution >= 4 is 27.9 Å². The Morgan fingerprint density at radius 3 is 2.52 bits per heavy atom. The fourth-order valence-corrected chi connectivity index (χ4v) is 3.99. The fraction of sp³-hybridized carbons (Fsp3) is 0.280. The number of anilines is 1. The van der Waals surface area contributed by atoms with Crippen LogP contribution < -0.4 is 10.1 Å². The van der Waals surface area contributed by atoms with Crippen LogP contribution in [-0.2, 0) is 10.2 Å². The Morgan fingerprint density at radius 2 is 1.84 bits per heavy atom. The number of aromatic nitrogens is 2. The summed E-state index contributed by atoms with van der Waals surface area (Å²) in [6.07, 6.45) is 5.08. The van der Waals surface area contributed by atoms with Gasteiger partial charge >= 0.3 is 0 Å². The highest BCUT2D eigenvalue weighted by Gasteiger charge is 2.13. The third kappa shape index (κ3) is 5.33. The van der Waals surface area contributed by atoms with Crippen LogP contribution in [0.25, 0.3) is 16.2 Å². The number of carbonyl (C=O) groups is 1. The molecule has 4 aromatic rings. The molecule has 0 saturated heterocycles. The van der Waals surface area contributed by atoms with Crippen LogP contribution in [-0.4, -0.2) is 21.9 Å². The van der Waals surface area contributed by atoms with Crippen LogP contribution in [0.4, 0.5) is 5.69 Å². The number of imidazole rings is 1. The highest BCUT2D eigenvalue weighted by atomic mass is 32.1. The van der Waals surface area contributed by atoms with Crippen molar-refractivity contribution in [3.63, 3.8) is 0 Å². The maximum Gasteiger partial charge on any atom is 0.224 e. The number of fused-ring (bicyclic) bond motifs is 1. The molecule has 2 aromatic carbocycles. The predicted molar refractivity (Wildman–Crippen MR) is 127 cm³/mol. The predicted octanol–water partition coefficient (Wildman–Crippen LogP) is 6.16. The first-order valence-corrected chi connectivity index (χ1v) is 11.3. The second-order valence-corrected chi connectivity index (χ2v) is 9.44. The van der Waals surface area contributed by atoms with Crippen molar-refractivity contribution in [1.82, 2.24) is 9.38 Å². The highest BCUT2D eigenvalue weighted by Crippen LogP contribution is 2.25. The topological polar surface area (TPSA) is 55.6 Å². The van der Waals surface area contributed by atoms with Crippen molar-refractivity contribution in [2.24, 2.45) is 0 Å². The van der Waals surface area contributed by atoms with Crippen molar-refractivity contribution in [3.05, 3.63) is 71.9 Å². The van der Waals surface area contributed by atoms with E-state index >= 15 is 0 Å². The summed E-state index contributed by atoms with van der Waals surface area (Å²) >= 11 is 1.61. The van der Waals surface area contributed by atoms with Gasteiger partial charge in [-0.15, -0.1) is 11.3 Å². The molecule has 5 nitrogen and oxygen atoms in total. The highest BCUT2D eigenvalue weighted by molar-refractivity contribution is 7.15. The number of benzene rings is 2. The first kappa shape index (κ1) is 21.1. The van der Waals surface area contributed by atoms with Crippen LogP contribution >= 0.6 is 11.3 Å². The van der Waals surface area contributed by atoms with E-state index in [9.17, 15) is 4.79 Å². The summed E-state index contributed by atoms with van der Waals surface area (Å²) in [7, 11) is 0. The quantitative estimate of drug-likeness (QED) is 0.355. The number of nitrogens with zero attached hydrogens (tertiary/aromatic N) is 2. The van der Waals surface area contributed by atoms with Crippen molar-refractivity contribution in [1.29, 1.82) is 0 Å². The molecule has 0 unspecified atom stereocenters. The van der Waals surface area contributed by atoms with E-state index in [1.165, 1.54) is 5.56 Å². The zero-order chi connectivity index (χ0) is 21.8. The molecular weight excluding hydrogens is 406 g/mol. The summed E-state index contributed by atoms with van der Waals surface area (Å²) in [4.78, 5) is 17.8. The molecule has 0 radical (unpaired) electrons. The molecule has 0 aliphatic carbocycles. The molecule has 2 heterocycles. The summed E-state index contributed by atoms with van der Waals surface area (Å²) in [6.45, 7) is 7.08. The molecule has 0 bridgehead atoms. The van der Waals surface area contributed by atoms with Crippen molar-refractivity contribution in [2.75, 3.05) is 11.9 Å². The average molecular weight is 434 g/mol. The Labute approximate surface area is 186 Å². The van der Waals surface area contributed by atoms with E-state index in [1.807, 2.05) is 58.6 Å². The van der Waals surface area contributed by atoms with Crippen LogP contribution in [0.5, 0.6) is 5.75 Å². The zero-order valence-electron chi connectivity index (χ0n) is 18.1. The zero-order valence-corrected chi connectivity index (χ0v) is 18.9. The van der Waals surface area contributed by atoms with Crippen LogP contribution in [0.2, 0.25) is 0 Å². The Hall–Kier alpha value is -3.12. The molecule has 0 saturated carbocycles. The number of hydrogen-bond donors (Lipinski definition) is 1. The largest absolute Gasteiger partial charge is 0.494 e. The molecule has 6 heteroatoms. The van der Waals surface area contributed by atoms with E-state index in [0.717, 1.165) is 27.7 Å². The number of ether oxygens (including phenoxy) is 1. The molecular formula is C25H27N3O2S. The summed E-state index contributed by atoms with van der Waals surface area (Å²) < 4.78 is 7.78. The number of carbonyl (C=O) groups excluding carboxylic acids is 1. The normalized spacial score (nSPS) is 11.6. The van der Waals surface area contributed by atoms with E-state index in [1.54, 1.807) is 11.3 Å². The second-order valence-electron chi connectivity index (χ2n) is 8.57. The van der Waals surface area contributed by atoms with Crippen molar-refractivity contribution in [3.8, 4) is 17.0 Å². The minimum atomic E-state index is -0.0121. The first-order chi connectivity index (χ1) is 14.9. The molecule has 0 aliphatic rings. The van der Waals surface area contributed by atoms with Gasteiger partial charge in [-0.05, 0) is 41.7 Å². The lowest BCUT2D eigenvalue weighted by molar-refractivity contribution is -0.116. The number of thiazole rings is 1. The minimum absolute atomic E-state index is 0.0121. The molecule has 1 amide bonds. The molecule has 160 valence electrons. The fourth-order valence-electron chi connectivity index (χ4n) is 3.29. The molecule has 0 spiro atoms. The number of hydrogen-bond acceptors (Lipinski definition) is 4. The van der Waals surface area contributed by atoms with Gasteiger partial charge in [0.25, 0.3) is 0 Å². The lowest BCUT2D eigenvalue weighted by atomic mass is 9.87. The van der Waals surface area contributed by atoms with E-state index in [-0.39, 0.29) is 11.3 Å². The molecule has 31 heavy (non-hydrogen) atoms. The summed E-state index contributed by atoms with van der Waals surface area (Å²) in [6, 6.07) is 16.0. The van der Waals surface area contributed by atoms with Gasteiger partial charge in [-0.3, -0.25) is 9.20 Å². The van der Waals surface area contributed by atoms with E-state index < -0.39 is 0 Å². The third-order valence-electron chi connectivity index (χ3n) is 5.09. The number of amides is 1. The van der Waals surface area contributed by atoms with Crippen molar-refractivity contribution in [2.45, 2.75) is 39.0 Å². The lowest BCUT2D eigenvalue weighted by Gasteiger charge is -2.19. The number of rotatable bonds is 7. The van der Waals surface area contributed by atoms with E-state index in [4.69, 9.17) is 4.74 Å². The van der Waals surface area contributed by atoms with Gasteiger partial charge in [0.15, 0.2) is 4.96 Å². The van der Waals surface area contributed by atoms with Crippen LogP contribution in [0.3, 0.4) is 0 Å². The summed E-state index contributed by atoms with van der Waals surface area (Å²) in [5, 5.41) is 4.96. The van der Waals surface area contributed by atoms with Gasteiger partial charge in [-0.25, -0.2) is 4.98 Å². The lowest BCUT2D eigenvalue weighted by Crippen LogP contribution is -2.13. The van der Waals surface area contributed by atoms with Gasteiger partial charge in [0.05, 0.1) is 12.3 Å². The van der Waals surface area contributed by atoms with Gasteiger partial charge in [-0.1, -0.05) is 45.0 Å². The minimum Gasteiger partial charge on any atom is -0.494 e. The maximum absolute atomic E-state index is 12.2. The summed E-state index contributed by atoms with van der Waals surface area (Å²) in [5.41, 5.74) is 4.15. The Kier molecular flexibility index (Phi) is 6.09. The molecule has 0 atom stereocenters. The molecule has 0 fully saturated rings. The molecule has 0 aliphatic heterocycles. The van der Waals surface area contributed by atoms with Crippen molar-refractivity contribution < 1.29 is 9.53 Å². The molecule has 4 rings (SSSR count).